The van der Waals surface area contributed by atoms with Crippen LogP contribution in [0.15, 0.2) is 10.5 Å². The van der Waals surface area contributed by atoms with Gasteiger partial charge in [-0.05, 0) is 19.9 Å². The summed E-state index contributed by atoms with van der Waals surface area (Å²) in [6.07, 6.45) is -2.63. The third kappa shape index (κ3) is 2.44. The quantitative estimate of drug-likeness (QED) is 0.622. The fraction of sp³-hybridized carbons (Fsp3) is 0.500. The number of hydrogen-bond acceptors (Lipinski definition) is 5. The van der Waals surface area contributed by atoms with E-state index in [2.05, 4.69) is 0 Å². The first-order valence-corrected chi connectivity index (χ1v) is 4.55. The van der Waals surface area contributed by atoms with Crippen LogP contribution in [0.25, 0.3) is 0 Å². The number of Topliss-reactive ketones (excluding diaryl/α,β-unsaturated/α-hetero) is 1. The maximum Gasteiger partial charge on any atom is 0.163 e. The van der Waals surface area contributed by atoms with Gasteiger partial charge in [0.1, 0.15) is 23.7 Å². The lowest BCUT2D eigenvalue weighted by molar-refractivity contribution is -0.0254. The van der Waals surface area contributed by atoms with Crippen molar-refractivity contribution >= 4 is 5.78 Å². The topological polar surface area (TPSA) is 90.9 Å². The molecule has 5 heteroatoms. The number of aliphatic hydroxyl groups is 3. The van der Waals surface area contributed by atoms with Gasteiger partial charge < -0.3 is 19.7 Å². The molecule has 1 rings (SSSR count). The summed E-state index contributed by atoms with van der Waals surface area (Å²) in [7, 11) is 0. The van der Waals surface area contributed by atoms with Crippen LogP contribution in [0.3, 0.4) is 0 Å². The van der Waals surface area contributed by atoms with Gasteiger partial charge in [-0.15, -0.1) is 0 Å². The zero-order valence-electron chi connectivity index (χ0n) is 8.60. The highest BCUT2D eigenvalue weighted by Gasteiger charge is 2.23. The van der Waals surface area contributed by atoms with Gasteiger partial charge in [0.25, 0.3) is 0 Å². The van der Waals surface area contributed by atoms with Crippen LogP contribution in [-0.4, -0.2) is 33.8 Å². The number of carbonyl (C=O) groups excluding carboxylic acids is 1. The van der Waals surface area contributed by atoms with Crippen molar-refractivity contribution in [1.29, 1.82) is 0 Å². The summed E-state index contributed by atoms with van der Waals surface area (Å²) in [5.74, 6) is 0.300. The molecule has 0 spiro atoms. The van der Waals surface area contributed by atoms with Crippen molar-refractivity contribution in [2.45, 2.75) is 26.1 Å². The molecular weight excluding hydrogens is 200 g/mol. The molecule has 0 saturated carbocycles. The highest BCUT2D eigenvalue weighted by Crippen LogP contribution is 2.23. The van der Waals surface area contributed by atoms with E-state index in [1.54, 1.807) is 6.92 Å². The van der Waals surface area contributed by atoms with Crippen LogP contribution in [0.5, 0.6) is 0 Å². The second kappa shape index (κ2) is 4.57. The van der Waals surface area contributed by atoms with E-state index in [1.165, 1.54) is 13.0 Å². The van der Waals surface area contributed by atoms with Gasteiger partial charge in [-0.25, -0.2) is 0 Å². The Morgan fingerprint density at radius 3 is 2.53 bits per heavy atom. The summed E-state index contributed by atoms with van der Waals surface area (Å²) in [5.41, 5.74) is 0.370. The summed E-state index contributed by atoms with van der Waals surface area (Å²) in [4.78, 5) is 11.1. The summed E-state index contributed by atoms with van der Waals surface area (Å²) >= 11 is 0. The van der Waals surface area contributed by atoms with Crippen molar-refractivity contribution in [3.05, 3.63) is 23.2 Å². The van der Waals surface area contributed by atoms with Crippen LogP contribution in [0, 0.1) is 6.92 Å². The molecule has 15 heavy (non-hydrogen) atoms. The van der Waals surface area contributed by atoms with Gasteiger partial charge in [0, 0.05) is 0 Å². The van der Waals surface area contributed by atoms with E-state index in [0.717, 1.165) is 0 Å². The largest absolute Gasteiger partial charge is 0.463 e. The van der Waals surface area contributed by atoms with Crippen LogP contribution < -0.4 is 0 Å². The van der Waals surface area contributed by atoms with Crippen molar-refractivity contribution in [3.63, 3.8) is 0 Å². The lowest BCUT2D eigenvalue weighted by Crippen LogP contribution is -2.21. The number of carbonyl (C=O) groups is 1. The number of ketones is 1. The van der Waals surface area contributed by atoms with Crippen LogP contribution in [0.1, 0.15) is 34.9 Å². The molecule has 0 aliphatic carbocycles. The minimum atomic E-state index is -1.32. The van der Waals surface area contributed by atoms with Crippen molar-refractivity contribution in [2.24, 2.45) is 0 Å². The van der Waals surface area contributed by atoms with E-state index in [9.17, 15) is 15.0 Å². The molecule has 0 fully saturated rings. The van der Waals surface area contributed by atoms with E-state index in [-0.39, 0.29) is 11.5 Å². The Hall–Kier alpha value is -1.17. The van der Waals surface area contributed by atoms with Crippen molar-refractivity contribution in [3.8, 4) is 0 Å². The fourth-order valence-corrected chi connectivity index (χ4v) is 1.29. The summed E-state index contributed by atoms with van der Waals surface area (Å²) in [5, 5.41) is 27.3. The Kier molecular flexibility index (Phi) is 3.62. The first kappa shape index (κ1) is 11.9. The molecule has 84 valence electrons. The highest BCUT2D eigenvalue weighted by atomic mass is 16.4. The van der Waals surface area contributed by atoms with E-state index in [0.29, 0.717) is 11.3 Å². The predicted octanol–water partition coefficient (Wildman–Crippen LogP) is 0.177. The molecule has 0 bridgehead atoms. The molecule has 0 saturated heterocycles. The average molecular weight is 214 g/mol. The van der Waals surface area contributed by atoms with Gasteiger partial charge in [-0.2, -0.15) is 0 Å². The van der Waals surface area contributed by atoms with E-state index >= 15 is 0 Å². The Labute approximate surface area is 87.0 Å². The van der Waals surface area contributed by atoms with Gasteiger partial charge in [0.2, 0.25) is 0 Å². The summed E-state index contributed by atoms with van der Waals surface area (Å²) in [6.45, 7) is 2.41. The monoisotopic (exact) mass is 214 g/mol. The van der Waals surface area contributed by atoms with Gasteiger partial charge >= 0.3 is 0 Å². The molecule has 0 aliphatic heterocycles. The van der Waals surface area contributed by atoms with Gasteiger partial charge in [0.05, 0.1) is 12.2 Å². The number of furan rings is 1. The minimum Gasteiger partial charge on any atom is -0.463 e. The smallest absolute Gasteiger partial charge is 0.163 e. The van der Waals surface area contributed by atoms with Crippen molar-refractivity contribution < 1.29 is 24.5 Å². The van der Waals surface area contributed by atoms with Gasteiger partial charge in [-0.3, -0.25) is 4.79 Å². The second-order valence-corrected chi connectivity index (χ2v) is 3.37. The third-order valence-electron chi connectivity index (χ3n) is 2.16. The van der Waals surface area contributed by atoms with Crippen LogP contribution in [0.4, 0.5) is 0 Å². The average Bonchev–Trinajstić information content (AvgIpc) is 2.58. The Morgan fingerprint density at radius 2 is 2.13 bits per heavy atom. The van der Waals surface area contributed by atoms with Gasteiger partial charge in [-0.1, -0.05) is 0 Å². The molecule has 3 N–H and O–H groups in total. The zero-order chi connectivity index (χ0) is 11.6. The van der Waals surface area contributed by atoms with Crippen LogP contribution >= 0.6 is 0 Å². The third-order valence-corrected chi connectivity index (χ3v) is 2.16. The van der Waals surface area contributed by atoms with E-state index < -0.39 is 18.8 Å². The molecule has 0 aromatic carbocycles. The molecule has 2 atom stereocenters. The first-order valence-electron chi connectivity index (χ1n) is 4.55. The predicted molar refractivity (Wildman–Crippen MR) is 51.5 cm³/mol. The fourth-order valence-electron chi connectivity index (χ4n) is 1.29. The number of aliphatic hydroxyl groups excluding tert-OH is 3. The lowest BCUT2D eigenvalue weighted by atomic mass is 10.1. The van der Waals surface area contributed by atoms with Gasteiger partial charge in [0.15, 0.2) is 5.78 Å². The number of aryl methyl sites for hydroxylation is 1. The molecular formula is C10H14O5. The standard InChI is InChI=1S/C10H14O5/c1-5(12)7-3-9(15-6(7)2)10(14)8(13)4-11/h3,8,10-11,13-14H,4H2,1-2H3/t8-,10+/m1/s1. The first-order chi connectivity index (χ1) is 6.97. The Balaban J connectivity index is 2.97. The molecule has 1 aromatic rings. The molecule has 0 amide bonds. The minimum absolute atomic E-state index is 0.0826. The zero-order valence-corrected chi connectivity index (χ0v) is 8.60. The molecule has 0 unspecified atom stereocenters. The lowest BCUT2D eigenvalue weighted by Gasteiger charge is -2.12. The van der Waals surface area contributed by atoms with E-state index in [4.69, 9.17) is 9.52 Å². The normalized spacial score (nSPS) is 15.0. The van der Waals surface area contributed by atoms with Crippen molar-refractivity contribution in [2.75, 3.05) is 6.61 Å². The highest BCUT2D eigenvalue weighted by molar-refractivity contribution is 5.95. The Bertz CT molecular complexity index is 355. The summed E-state index contributed by atoms with van der Waals surface area (Å²) in [6, 6.07) is 1.38. The number of rotatable bonds is 4. The van der Waals surface area contributed by atoms with Crippen LogP contribution in [0.2, 0.25) is 0 Å². The maximum atomic E-state index is 11.1. The summed E-state index contributed by atoms with van der Waals surface area (Å²) < 4.78 is 5.12. The molecule has 1 aromatic heterocycles. The molecule has 0 aliphatic rings. The Morgan fingerprint density at radius 1 is 1.53 bits per heavy atom. The maximum absolute atomic E-state index is 11.1. The number of hydrogen-bond donors (Lipinski definition) is 3. The SMILES string of the molecule is CC(=O)c1cc([C@@H](O)[C@H](O)CO)oc1C. The van der Waals surface area contributed by atoms with Crippen LogP contribution in [-0.2, 0) is 0 Å². The van der Waals surface area contributed by atoms with Crippen molar-refractivity contribution in [1.82, 2.24) is 0 Å². The van der Waals surface area contributed by atoms with E-state index in [1.807, 2.05) is 0 Å². The second-order valence-electron chi connectivity index (χ2n) is 3.37. The molecule has 5 nitrogen and oxygen atoms in total. The molecule has 0 radical (unpaired) electrons. The molecule has 1 heterocycles.